The molecule has 1 aliphatic carbocycles. The van der Waals surface area contributed by atoms with E-state index >= 15 is 0 Å². The number of rotatable bonds is 3. The molecule has 2 rings (SSSR count). The molecule has 0 spiro atoms. The third-order valence-electron chi connectivity index (χ3n) is 3.32. The van der Waals surface area contributed by atoms with Gasteiger partial charge >= 0.3 is 0 Å². The third-order valence-corrected chi connectivity index (χ3v) is 4.53. The van der Waals surface area contributed by atoms with Crippen LogP contribution in [-0.4, -0.2) is 22.4 Å². The van der Waals surface area contributed by atoms with Gasteiger partial charge in [0, 0.05) is 12.6 Å². The second-order valence-electron chi connectivity index (χ2n) is 4.81. The molecule has 1 aliphatic rings. The highest BCUT2D eigenvalue weighted by atomic mass is 79.9. The number of benzene rings is 1. The standard InChI is InChI=1S/C13H17Br2NO2/c14-11-4-8(5-12(15)13(11)18)7-16-9-2-1-3-10(17)6-9/h4-5,9-10,16-18H,1-3,6-7H2/t9-,10-/m1/s1. The zero-order chi connectivity index (χ0) is 13.1. The Morgan fingerprint density at radius 3 is 2.50 bits per heavy atom. The molecule has 1 saturated carbocycles. The van der Waals surface area contributed by atoms with Gasteiger partial charge in [-0.2, -0.15) is 0 Å². The van der Waals surface area contributed by atoms with E-state index in [4.69, 9.17) is 0 Å². The summed E-state index contributed by atoms with van der Waals surface area (Å²) in [7, 11) is 0. The summed E-state index contributed by atoms with van der Waals surface area (Å²) in [5, 5.41) is 22.7. The third kappa shape index (κ3) is 3.70. The SMILES string of the molecule is Oc1c(Br)cc(CN[C@@H]2CCC[C@@H](O)C2)cc1Br. The average Bonchev–Trinajstić information content (AvgIpc) is 2.33. The summed E-state index contributed by atoms with van der Waals surface area (Å²) in [6.45, 7) is 0.745. The van der Waals surface area contributed by atoms with E-state index in [0.29, 0.717) is 15.0 Å². The molecule has 3 N–H and O–H groups in total. The van der Waals surface area contributed by atoms with E-state index < -0.39 is 0 Å². The summed E-state index contributed by atoms with van der Waals surface area (Å²) in [6, 6.07) is 4.21. The fourth-order valence-electron chi connectivity index (χ4n) is 2.33. The van der Waals surface area contributed by atoms with Gasteiger partial charge in [-0.15, -0.1) is 0 Å². The first-order valence-electron chi connectivity index (χ1n) is 6.14. The Hall–Kier alpha value is -0.100. The predicted octanol–water partition coefficient (Wildman–Crippen LogP) is 3.31. The minimum Gasteiger partial charge on any atom is -0.506 e. The number of nitrogens with one attached hydrogen (secondary N) is 1. The van der Waals surface area contributed by atoms with E-state index in [-0.39, 0.29) is 11.9 Å². The van der Waals surface area contributed by atoms with Gasteiger partial charge in [-0.05, 0) is 75.2 Å². The first-order valence-corrected chi connectivity index (χ1v) is 7.73. The molecule has 100 valence electrons. The van der Waals surface area contributed by atoms with Crippen molar-refractivity contribution in [3.63, 3.8) is 0 Å². The van der Waals surface area contributed by atoms with Crippen molar-refractivity contribution in [2.24, 2.45) is 0 Å². The van der Waals surface area contributed by atoms with Gasteiger partial charge in [-0.1, -0.05) is 0 Å². The second kappa shape index (κ2) is 6.37. The summed E-state index contributed by atoms with van der Waals surface area (Å²) in [6.07, 6.45) is 3.81. The van der Waals surface area contributed by atoms with Crippen LogP contribution in [0.4, 0.5) is 0 Å². The average molecular weight is 379 g/mol. The van der Waals surface area contributed by atoms with Crippen LogP contribution in [0.2, 0.25) is 0 Å². The van der Waals surface area contributed by atoms with E-state index in [2.05, 4.69) is 37.2 Å². The van der Waals surface area contributed by atoms with Crippen LogP contribution in [0.1, 0.15) is 31.2 Å². The molecule has 0 radical (unpaired) electrons. The summed E-state index contributed by atoms with van der Waals surface area (Å²) < 4.78 is 1.38. The first-order chi connectivity index (χ1) is 8.56. The summed E-state index contributed by atoms with van der Waals surface area (Å²) in [4.78, 5) is 0. The van der Waals surface area contributed by atoms with Crippen LogP contribution in [0, 0.1) is 0 Å². The molecule has 2 atom stereocenters. The molecule has 1 fully saturated rings. The van der Waals surface area contributed by atoms with Crippen molar-refractivity contribution in [2.45, 2.75) is 44.4 Å². The topological polar surface area (TPSA) is 52.5 Å². The van der Waals surface area contributed by atoms with Crippen LogP contribution in [0.3, 0.4) is 0 Å². The van der Waals surface area contributed by atoms with Gasteiger partial charge in [0.1, 0.15) is 5.75 Å². The molecule has 5 heteroatoms. The molecule has 0 heterocycles. The molecule has 0 unspecified atom stereocenters. The first kappa shape index (κ1) is 14.3. The van der Waals surface area contributed by atoms with Crippen molar-refractivity contribution in [1.29, 1.82) is 0 Å². The monoisotopic (exact) mass is 377 g/mol. The molecule has 0 aromatic heterocycles. The van der Waals surface area contributed by atoms with Crippen molar-refractivity contribution >= 4 is 31.9 Å². The molecule has 0 aliphatic heterocycles. The maximum atomic E-state index is 9.64. The fourth-order valence-corrected chi connectivity index (χ4v) is 3.61. The number of phenolic OH excluding ortho intramolecular Hbond substituents is 1. The van der Waals surface area contributed by atoms with Crippen LogP contribution >= 0.6 is 31.9 Å². The molecule has 0 saturated heterocycles. The van der Waals surface area contributed by atoms with Crippen LogP contribution in [-0.2, 0) is 6.54 Å². The van der Waals surface area contributed by atoms with E-state index in [1.807, 2.05) is 12.1 Å². The quantitative estimate of drug-likeness (QED) is 0.756. The highest BCUT2D eigenvalue weighted by Gasteiger charge is 2.19. The Labute approximate surface area is 124 Å². The van der Waals surface area contributed by atoms with Crippen LogP contribution < -0.4 is 5.32 Å². The highest BCUT2D eigenvalue weighted by molar-refractivity contribution is 9.11. The maximum Gasteiger partial charge on any atom is 0.143 e. The minimum absolute atomic E-state index is 0.158. The number of aliphatic hydroxyl groups excluding tert-OH is 1. The van der Waals surface area contributed by atoms with Crippen LogP contribution in [0.15, 0.2) is 21.1 Å². The molecule has 3 nitrogen and oxygen atoms in total. The molecule has 1 aromatic rings. The lowest BCUT2D eigenvalue weighted by molar-refractivity contribution is 0.111. The Morgan fingerprint density at radius 1 is 1.22 bits per heavy atom. The number of phenols is 1. The number of halogens is 2. The number of aliphatic hydroxyl groups is 1. The molecule has 1 aromatic carbocycles. The zero-order valence-corrected chi connectivity index (χ0v) is 13.2. The smallest absolute Gasteiger partial charge is 0.143 e. The normalized spacial score (nSPS) is 24.2. The lowest BCUT2D eigenvalue weighted by atomic mass is 9.93. The summed E-state index contributed by atoms with van der Waals surface area (Å²) in [5.41, 5.74) is 1.10. The van der Waals surface area contributed by atoms with Gasteiger partial charge in [0.25, 0.3) is 0 Å². The molecule has 18 heavy (non-hydrogen) atoms. The number of hydrogen-bond donors (Lipinski definition) is 3. The van der Waals surface area contributed by atoms with E-state index in [0.717, 1.165) is 37.8 Å². The van der Waals surface area contributed by atoms with Crippen molar-refractivity contribution in [3.8, 4) is 5.75 Å². The van der Waals surface area contributed by atoms with Crippen LogP contribution in [0.25, 0.3) is 0 Å². The fraction of sp³-hybridized carbons (Fsp3) is 0.538. The van der Waals surface area contributed by atoms with E-state index in [9.17, 15) is 10.2 Å². The highest BCUT2D eigenvalue weighted by Crippen LogP contribution is 2.33. The van der Waals surface area contributed by atoms with Gasteiger partial charge in [0.2, 0.25) is 0 Å². The number of aromatic hydroxyl groups is 1. The Bertz CT molecular complexity index is 402. The van der Waals surface area contributed by atoms with Crippen molar-refractivity contribution in [1.82, 2.24) is 5.32 Å². The molecular weight excluding hydrogens is 362 g/mol. The summed E-state index contributed by atoms with van der Waals surface area (Å²) >= 11 is 6.65. The lowest BCUT2D eigenvalue weighted by Crippen LogP contribution is -2.35. The molecular formula is C13H17Br2NO2. The predicted molar refractivity (Wildman–Crippen MR) is 78.6 cm³/mol. The van der Waals surface area contributed by atoms with E-state index in [1.165, 1.54) is 0 Å². The van der Waals surface area contributed by atoms with E-state index in [1.54, 1.807) is 0 Å². The van der Waals surface area contributed by atoms with Crippen molar-refractivity contribution in [3.05, 3.63) is 26.6 Å². The zero-order valence-electron chi connectivity index (χ0n) is 10.00. The van der Waals surface area contributed by atoms with Crippen molar-refractivity contribution < 1.29 is 10.2 Å². The minimum atomic E-state index is -0.158. The van der Waals surface area contributed by atoms with Crippen LogP contribution in [0.5, 0.6) is 5.75 Å². The lowest BCUT2D eigenvalue weighted by Gasteiger charge is -2.26. The van der Waals surface area contributed by atoms with Gasteiger partial charge in [-0.3, -0.25) is 0 Å². The Balaban J connectivity index is 1.94. The van der Waals surface area contributed by atoms with Gasteiger partial charge in [-0.25, -0.2) is 0 Å². The molecule has 0 amide bonds. The Morgan fingerprint density at radius 2 is 1.89 bits per heavy atom. The summed E-state index contributed by atoms with van der Waals surface area (Å²) in [5.74, 6) is 0.229. The largest absolute Gasteiger partial charge is 0.506 e. The number of hydrogen-bond acceptors (Lipinski definition) is 3. The van der Waals surface area contributed by atoms with Gasteiger partial charge in [0.15, 0.2) is 0 Å². The van der Waals surface area contributed by atoms with Gasteiger partial charge in [0.05, 0.1) is 15.0 Å². The second-order valence-corrected chi connectivity index (χ2v) is 6.51. The van der Waals surface area contributed by atoms with Gasteiger partial charge < -0.3 is 15.5 Å². The maximum absolute atomic E-state index is 9.64. The van der Waals surface area contributed by atoms with Crippen molar-refractivity contribution in [2.75, 3.05) is 0 Å². The Kier molecular flexibility index (Phi) is 5.06. The molecule has 0 bridgehead atoms.